The summed E-state index contributed by atoms with van der Waals surface area (Å²) >= 11 is 0. The maximum Gasteiger partial charge on any atom is 0.477 e. The van der Waals surface area contributed by atoms with Gasteiger partial charge >= 0.3 is 19.8 Å². The molecule has 0 spiro atoms. The number of carbonyl (C=O) groups is 2. The summed E-state index contributed by atoms with van der Waals surface area (Å²) in [5.41, 5.74) is 2.21. The first-order valence-electron chi connectivity index (χ1n) is 18.4. The predicted molar refractivity (Wildman–Crippen MR) is 201 cm³/mol. The van der Waals surface area contributed by atoms with E-state index in [0.717, 1.165) is 24.0 Å². The van der Waals surface area contributed by atoms with Gasteiger partial charge in [-0.25, -0.2) is 14.2 Å². The minimum absolute atomic E-state index is 0.0142. The van der Waals surface area contributed by atoms with E-state index in [4.69, 9.17) is 37.3 Å². The highest BCUT2D eigenvalue weighted by Gasteiger charge is 2.54. The van der Waals surface area contributed by atoms with Crippen LogP contribution in [0.2, 0.25) is 0 Å². The molecule has 1 fully saturated rings. The van der Waals surface area contributed by atoms with E-state index < -0.39 is 50.5 Å². The third kappa shape index (κ3) is 12.4. The third-order valence-corrected chi connectivity index (χ3v) is 9.97. The topological polar surface area (TPSA) is 125 Å². The lowest BCUT2D eigenvalue weighted by molar-refractivity contribution is -0.294. The van der Waals surface area contributed by atoms with Gasteiger partial charge in [-0.15, -0.1) is 0 Å². The van der Waals surface area contributed by atoms with Gasteiger partial charge in [0.2, 0.25) is 0 Å². The number of unbranched alkanes of at least 4 members (excludes halogenated alkanes) is 2. The number of hydrogen-bond acceptors (Lipinski definition) is 11. The maximum atomic E-state index is 14.3. The monoisotopic (exact) mass is 760 g/mol. The summed E-state index contributed by atoms with van der Waals surface area (Å²) in [5.74, 6) is -1.39. The Morgan fingerprint density at radius 2 is 1.07 bits per heavy atom. The van der Waals surface area contributed by atoms with Gasteiger partial charge in [-0.1, -0.05) is 124 Å². The predicted octanol–water partition coefficient (Wildman–Crippen LogP) is 8.72. The lowest BCUT2D eigenvalue weighted by Gasteiger charge is -2.45. The lowest BCUT2D eigenvalue weighted by Crippen LogP contribution is -2.62. The molecule has 0 aliphatic carbocycles. The largest absolute Gasteiger partial charge is 0.477 e. The Morgan fingerprint density at radius 3 is 1.57 bits per heavy atom. The SMILES string of the molecule is CCCCOP(=O)(OCCCC)O[C@H]1O[C@H](COCc2ccccc2)[C@H](OC(=O)c2ccccc2)[C@H](OC(=O)c2ccccc2)[C@H]1OCc1ccccc1. The molecule has 5 atom stereocenters. The fraction of sp³-hybridized carbons (Fsp3) is 0.381. The van der Waals surface area contributed by atoms with Crippen LogP contribution in [0.15, 0.2) is 121 Å². The average molecular weight is 761 g/mol. The number of ether oxygens (including phenoxy) is 5. The zero-order valence-corrected chi connectivity index (χ0v) is 31.6. The smallest absolute Gasteiger partial charge is 0.452 e. The zero-order chi connectivity index (χ0) is 38.0. The molecule has 1 aliphatic heterocycles. The van der Waals surface area contributed by atoms with E-state index in [9.17, 15) is 14.2 Å². The van der Waals surface area contributed by atoms with Crippen LogP contribution in [-0.2, 0) is 55.0 Å². The number of phosphoric ester groups is 1. The second kappa shape index (κ2) is 21.6. The second-order valence-electron chi connectivity index (χ2n) is 12.7. The van der Waals surface area contributed by atoms with Gasteiger partial charge < -0.3 is 23.7 Å². The normalized spacial score (nSPS) is 19.9. The summed E-state index contributed by atoms with van der Waals surface area (Å²) in [6, 6.07) is 35.7. The molecular formula is C42H49O11P. The van der Waals surface area contributed by atoms with Gasteiger partial charge in [-0.3, -0.25) is 13.6 Å². The summed E-state index contributed by atoms with van der Waals surface area (Å²) in [4.78, 5) is 27.6. The molecule has 1 saturated heterocycles. The number of hydrogen-bond donors (Lipinski definition) is 0. The number of phosphoric acid groups is 1. The van der Waals surface area contributed by atoms with Crippen molar-refractivity contribution in [3.63, 3.8) is 0 Å². The Labute approximate surface area is 317 Å². The molecule has 0 N–H and O–H groups in total. The molecule has 0 saturated carbocycles. The van der Waals surface area contributed by atoms with Gasteiger partial charge in [0, 0.05) is 0 Å². The van der Waals surface area contributed by atoms with Gasteiger partial charge in [-0.2, -0.15) is 0 Å². The van der Waals surface area contributed by atoms with Crippen LogP contribution in [0.1, 0.15) is 71.4 Å². The minimum Gasteiger partial charge on any atom is -0.452 e. The molecule has 11 nitrogen and oxygen atoms in total. The first-order valence-corrected chi connectivity index (χ1v) is 19.9. The van der Waals surface area contributed by atoms with Crippen molar-refractivity contribution in [1.82, 2.24) is 0 Å². The van der Waals surface area contributed by atoms with Crippen molar-refractivity contribution in [3.05, 3.63) is 144 Å². The van der Waals surface area contributed by atoms with Crippen LogP contribution in [0.3, 0.4) is 0 Å². The Balaban J connectivity index is 1.55. The molecule has 54 heavy (non-hydrogen) atoms. The standard InChI is InChI=1S/C42H49O11P/c1-3-5-27-48-54(45,49-28-6-4-2)53-42-39(47-30-33-21-13-8-14-22-33)38(52-41(44)35-25-17-10-18-26-35)37(51-40(43)34-23-15-9-16-24-34)36(50-42)31-46-29-32-19-11-7-12-20-32/h7-26,36-39,42H,3-6,27-31H2,1-2H3/t36-,37+,38+,39-,42-/m1/s1. The van der Waals surface area contributed by atoms with Crippen molar-refractivity contribution < 1.29 is 51.4 Å². The fourth-order valence-corrected chi connectivity index (χ4v) is 6.91. The molecule has 0 aromatic heterocycles. The van der Waals surface area contributed by atoms with Gasteiger partial charge in [0.15, 0.2) is 18.5 Å². The van der Waals surface area contributed by atoms with E-state index in [0.29, 0.717) is 12.8 Å². The molecule has 0 amide bonds. The van der Waals surface area contributed by atoms with Crippen molar-refractivity contribution in [2.45, 2.75) is 83.5 Å². The maximum absolute atomic E-state index is 14.3. The van der Waals surface area contributed by atoms with Crippen LogP contribution < -0.4 is 0 Å². The second-order valence-corrected chi connectivity index (χ2v) is 14.3. The van der Waals surface area contributed by atoms with E-state index in [-0.39, 0.29) is 44.2 Å². The molecule has 4 aromatic rings. The van der Waals surface area contributed by atoms with Crippen LogP contribution in [-0.4, -0.2) is 62.5 Å². The first-order chi connectivity index (χ1) is 26.4. The van der Waals surface area contributed by atoms with E-state index >= 15 is 0 Å². The molecule has 288 valence electrons. The van der Waals surface area contributed by atoms with Gasteiger partial charge in [0.25, 0.3) is 0 Å². The van der Waals surface area contributed by atoms with Crippen molar-refractivity contribution in [2.24, 2.45) is 0 Å². The zero-order valence-electron chi connectivity index (χ0n) is 30.7. The van der Waals surface area contributed by atoms with Gasteiger partial charge in [0.1, 0.15) is 12.2 Å². The molecule has 5 rings (SSSR count). The minimum atomic E-state index is -4.29. The average Bonchev–Trinajstić information content (AvgIpc) is 3.20. The number of carbonyl (C=O) groups excluding carboxylic acids is 2. The molecule has 0 radical (unpaired) electrons. The summed E-state index contributed by atoms with van der Waals surface area (Å²) in [6.45, 7) is 4.25. The molecular weight excluding hydrogens is 711 g/mol. The van der Waals surface area contributed by atoms with Crippen molar-refractivity contribution in [3.8, 4) is 0 Å². The van der Waals surface area contributed by atoms with Crippen LogP contribution in [0.4, 0.5) is 0 Å². The Hall–Kier alpha value is -4.19. The van der Waals surface area contributed by atoms with E-state index in [1.165, 1.54) is 0 Å². The molecule has 0 bridgehead atoms. The van der Waals surface area contributed by atoms with E-state index in [2.05, 4.69) is 0 Å². The molecule has 12 heteroatoms. The van der Waals surface area contributed by atoms with E-state index in [1.807, 2.05) is 74.5 Å². The number of benzene rings is 4. The molecule has 4 aromatic carbocycles. The van der Waals surface area contributed by atoms with Crippen LogP contribution in [0, 0.1) is 0 Å². The van der Waals surface area contributed by atoms with Crippen LogP contribution >= 0.6 is 7.82 Å². The Bertz CT molecular complexity index is 1710. The Morgan fingerprint density at radius 1 is 0.611 bits per heavy atom. The lowest BCUT2D eigenvalue weighted by atomic mass is 9.97. The van der Waals surface area contributed by atoms with Crippen LogP contribution in [0.5, 0.6) is 0 Å². The Kier molecular flexibility index (Phi) is 16.4. The van der Waals surface area contributed by atoms with Crippen molar-refractivity contribution in [2.75, 3.05) is 19.8 Å². The van der Waals surface area contributed by atoms with Crippen LogP contribution in [0.25, 0.3) is 0 Å². The molecule has 1 aliphatic rings. The number of esters is 2. The number of rotatable bonds is 21. The highest BCUT2D eigenvalue weighted by molar-refractivity contribution is 7.48. The highest BCUT2D eigenvalue weighted by atomic mass is 31.2. The molecule has 1 heterocycles. The van der Waals surface area contributed by atoms with Gasteiger partial charge in [0.05, 0.1) is 44.2 Å². The quantitative estimate of drug-likeness (QED) is 0.0460. The fourth-order valence-electron chi connectivity index (χ4n) is 5.58. The first kappa shape index (κ1) is 41.0. The summed E-state index contributed by atoms with van der Waals surface area (Å²) in [6.07, 6.45) is -3.74. The third-order valence-electron chi connectivity index (χ3n) is 8.50. The summed E-state index contributed by atoms with van der Waals surface area (Å²) < 4.78 is 63.7. The van der Waals surface area contributed by atoms with Crippen molar-refractivity contribution in [1.29, 1.82) is 0 Å². The summed E-state index contributed by atoms with van der Waals surface area (Å²) in [7, 11) is -4.29. The molecule has 0 unspecified atom stereocenters. The highest BCUT2D eigenvalue weighted by Crippen LogP contribution is 2.53. The van der Waals surface area contributed by atoms with Crippen molar-refractivity contribution >= 4 is 19.8 Å². The van der Waals surface area contributed by atoms with Gasteiger partial charge in [-0.05, 0) is 48.2 Å². The van der Waals surface area contributed by atoms with E-state index in [1.54, 1.807) is 60.7 Å². The summed E-state index contributed by atoms with van der Waals surface area (Å²) in [5, 5.41) is 0.